The molecule has 1 amide bonds. The van der Waals surface area contributed by atoms with Crippen molar-refractivity contribution in [2.75, 3.05) is 24.7 Å². The van der Waals surface area contributed by atoms with Gasteiger partial charge >= 0.3 is 31.4 Å². The summed E-state index contributed by atoms with van der Waals surface area (Å²) >= 11 is 1.76. The van der Waals surface area contributed by atoms with E-state index in [-0.39, 0.29) is 73.2 Å². The van der Waals surface area contributed by atoms with E-state index in [0.29, 0.717) is 64.6 Å². The molecular weight excluding hydrogens is 804 g/mol. The molecule has 306 valence electrons. The van der Waals surface area contributed by atoms with Gasteiger partial charge in [0.25, 0.3) is 0 Å². The SMILES string of the molecule is C=Cc1c(C)c2cc3nc(c(CC(=O)NCCSCC(C)(C)CCOC(C)C)c4[n-]c(cc5nc(cc1[n-]2)C(C)=C5CC)c(C)c4C(=O)O)C(CCC(=O)O)C3C.[Zn+2]. The minimum absolute atomic E-state index is 0. The van der Waals surface area contributed by atoms with Gasteiger partial charge in [0.2, 0.25) is 5.91 Å². The number of nitrogens with zero attached hydrogens (tertiary/aromatic N) is 4. The van der Waals surface area contributed by atoms with Crippen molar-refractivity contribution in [1.82, 2.24) is 25.3 Å². The van der Waals surface area contributed by atoms with E-state index in [9.17, 15) is 24.6 Å². The quantitative estimate of drug-likeness (QED) is 0.0877. The maximum atomic E-state index is 13.9. The number of carbonyl (C=O) groups is 3. The summed E-state index contributed by atoms with van der Waals surface area (Å²) in [5, 5.41) is 23.6. The summed E-state index contributed by atoms with van der Waals surface area (Å²) in [4.78, 5) is 59.1. The zero-order chi connectivity index (χ0) is 41.8. The normalized spacial score (nSPS) is 15.4. The van der Waals surface area contributed by atoms with Crippen molar-refractivity contribution < 1.29 is 48.8 Å². The molecule has 2 aliphatic rings. The van der Waals surface area contributed by atoms with Gasteiger partial charge in [-0.2, -0.15) is 11.8 Å². The van der Waals surface area contributed by atoms with Gasteiger partial charge in [-0.3, -0.25) is 14.6 Å². The molecule has 5 rings (SSSR count). The predicted molar refractivity (Wildman–Crippen MR) is 230 cm³/mol. The standard InChI is InChI=1S/C45H59N5O6S.Zn/c1-11-29-25(5)33-20-35-27(7)31(13-14-40(52)53)42(49-35)32(19-39(51)46-16-18-57-23-45(9,10)15-17-56-24(3)4)43-41(44(54)55)28(8)36(50-43)22-38-30(12-2)26(6)34(48-38)21-37(29)47-33;/h11,20-22,24,27,31H,1,12-19,23H2,2-10H3,(H5,46,47,48,49,50,51,52,53,54,55);/q;+2/p-2. The second-order valence-corrected chi connectivity index (χ2v) is 17.3. The van der Waals surface area contributed by atoms with Crippen LogP contribution in [0.1, 0.15) is 141 Å². The van der Waals surface area contributed by atoms with Crippen molar-refractivity contribution in [3.05, 3.63) is 75.4 Å². The van der Waals surface area contributed by atoms with E-state index in [1.54, 1.807) is 24.8 Å². The van der Waals surface area contributed by atoms with Crippen LogP contribution >= 0.6 is 11.8 Å². The molecule has 0 aromatic carbocycles. The van der Waals surface area contributed by atoms with E-state index >= 15 is 0 Å². The van der Waals surface area contributed by atoms with Gasteiger partial charge in [0.05, 0.1) is 23.9 Å². The molecule has 2 unspecified atom stereocenters. The first kappa shape index (κ1) is 46.6. The first-order valence-corrected chi connectivity index (χ1v) is 21.0. The summed E-state index contributed by atoms with van der Waals surface area (Å²) in [5.41, 5.74) is 9.26. The van der Waals surface area contributed by atoms with Crippen LogP contribution in [0.4, 0.5) is 0 Å². The number of hydrogen-bond donors (Lipinski definition) is 3. The van der Waals surface area contributed by atoms with E-state index in [4.69, 9.17) is 24.7 Å². The molecule has 11 nitrogen and oxygen atoms in total. The molecule has 0 saturated carbocycles. The number of carboxylic acid groups (broad SMARTS) is 2. The third kappa shape index (κ3) is 10.6. The Bertz CT molecular complexity index is 2250. The van der Waals surface area contributed by atoms with E-state index in [0.717, 1.165) is 45.7 Å². The van der Waals surface area contributed by atoms with Crippen LogP contribution in [-0.4, -0.2) is 68.8 Å². The zero-order valence-electron chi connectivity index (χ0n) is 35.5. The Morgan fingerprint density at radius 1 is 1.03 bits per heavy atom. The van der Waals surface area contributed by atoms with Gasteiger partial charge < -0.3 is 30.2 Å². The van der Waals surface area contributed by atoms with Crippen molar-refractivity contribution in [3.63, 3.8) is 0 Å². The van der Waals surface area contributed by atoms with Crippen LogP contribution in [0.15, 0.2) is 24.8 Å². The number of aliphatic carboxylic acids is 1. The molecule has 0 radical (unpaired) electrons. The third-order valence-electron chi connectivity index (χ3n) is 11.1. The van der Waals surface area contributed by atoms with Crippen molar-refractivity contribution in [2.24, 2.45) is 5.41 Å². The Morgan fingerprint density at radius 3 is 2.36 bits per heavy atom. The molecule has 2 aliphatic heterocycles. The average Bonchev–Trinajstić information content (AvgIpc) is 3.82. The molecule has 13 heteroatoms. The first-order valence-electron chi connectivity index (χ1n) is 19.9. The van der Waals surface area contributed by atoms with Gasteiger partial charge in [0, 0.05) is 54.1 Å². The number of allylic oxidation sites excluding steroid dienone is 2. The first-order chi connectivity index (χ1) is 27.0. The topological polar surface area (TPSA) is 167 Å². The predicted octanol–water partition coefficient (Wildman–Crippen LogP) is 8.85. The fraction of sp³-hybridized carbons (Fsp3) is 0.489. The van der Waals surface area contributed by atoms with Crippen LogP contribution < -0.4 is 15.3 Å². The van der Waals surface area contributed by atoms with Crippen molar-refractivity contribution in [3.8, 4) is 0 Å². The number of fused-ring (bicyclic) bond motifs is 8. The number of amides is 1. The van der Waals surface area contributed by atoms with Gasteiger partial charge in [0.15, 0.2) is 0 Å². The van der Waals surface area contributed by atoms with Crippen LogP contribution in [0, 0.1) is 19.3 Å². The largest absolute Gasteiger partial charge is 2.00 e. The number of aromatic nitrogens is 4. The summed E-state index contributed by atoms with van der Waals surface area (Å²) in [5.74, 6) is -1.53. The van der Waals surface area contributed by atoms with Gasteiger partial charge in [0.1, 0.15) is 0 Å². The second-order valence-electron chi connectivity index (χ2n) is 16.2. The molecule has 0 aliphatic carbocycles. The number of rotatable bonds is 17. The number of carboxylic acids is 2. The number of ether oxygens (including phenoxy) is 1. The van der Waals surface area contributed by atoms with Gasteiger partial charge in [-0.25, -0.2) is 9.78 Å². The van der Waals surface area contributed by atoms with Gasteiger partial charge in [-0.05, 0) is 87.3 Å². The van der Waals surface area contributed by atoms with Crippen molar-refractivity contribution >= 4 is 68.9 Å². The van der Waals surface area contributed by atoms with Crippen LogP contribution in [0.3, 0.4) is 0 Å². The van der Waals surface area contributed by atoms with Crippen LogP contribution in [0.2, 0.25) is 0 Å². The number of thioether (sulfide) groups is 1. The number of aryl methyl sites for hydroxylation is 2. The smallest absolute Gasteiger partial charge is 0.657 e. The summed E-state index contributed by atoms with van der Waals surface area (Å²) in [6.07, 6.45) is 3.51. The van der Waals surface area contributed by atoms with Crippen LogP contribution in [-0.2, 0) is 40.2 Å². The average molecular weight is 861 g/mol. The number of hydrogen-bond acceptors (Lipinski definition) is 7. The Balaban J connectivity index is 0.00000744. The molecule has 5 heterocycles. The van der Waals surface area contributed by atoms with E-state index in [2.05, 4.69) is 32.7 Å². The molecule has 0 saturated heterocycles. The van der Waals surface area contributed by atoms with Crippen LogP contribution in [0.25, 0.3) is 39.3 Å². The van der Waals surface area contributed by atoms with E-state index in [1.807, 2.05) is 52.8 Å². The third-order valence-corrected chi connectivity index (χ3v) is 12.6. The second kappa shape index (κ2) is 19.8. The van der Waals surface area contributed by atoms with Crippen LogP contribution in [0.5, 0.6) is 0 Å². The van der Waals surface area contributed by atoms with Crippen molar-refractivity contribution in [1.29, 1.82) is 0 Å². The molecule has 3 N–H and O–H groups in total. The fourth-order valence-electron chi connectivity index (χ4n) is 7.69. The Hall–Kier alpha value is -4.06. The molecule has 8 bridgehead atoms. The molecule has 3 aromatic heterocycles. The molecule has 0 spiro atoms. The number of nitrogens with one attached hydrogen (secondary N) is 1. The molecule has 2 atom stereocenters. The van der Waals surface area contributed by atoms with Crippen molar-refractivity contribution in [2.45, 2.75) is 112 Å². The zero-order valence-corrected chi connectivity index (χ0v) is 39.3. The molecule has 58 heavy (non-hydrogen) atoms. The van der Waals surface area contributed by atoms with Gasteiger partial charge in [-0.1, -0.05) is 69.7 Å². The maximum Gasteiger partial charge on any atom is 2.00 e. The minimum Gasteiger partial charge on any atom is -0.657 e. The minimum atomic E-state index is -1.18. The molecule has 0 fully saturated rings. The number of aromatic carboxylic acids is 1. The van der Waals surface area contributed by atoms with E-state index in [1.165, 1.54) is 0 Å². The summed E-state index contributed by atoms with van der Waals surface area (Å²) in [6.45, 7) is 23.4. The monoisotopic (exact) mass is 859 g/mol. The Labute approximate surface area is 359 Å². The summed E-state index contributed by atoms with van der Waals surface area (Å²) in [6, 6.07) is 5.69. The molecule has 3 aromatic rings. The summed E-state index contributed by atoms with van der Waals surface area (Å²) < 4.78 is 5.75. The molecular formula is C45H57N5O6SZn. The van der Waals surface area contributed by atoms with E-state index < -0.39 is 17.9 Å². The Morgan fingerprint density at radius 2 is 1.72 bits per heavy atom. The Kier molecular flexibility index (Phi) is 15.9. The van der Waals surface area contributed by atoms with Gasteiger partial charge in [-0.15, -0.1) is 22.1 Å². The maximum absolute atomic E-state index is 13.9. The number of carbonyl (C=O) groups excluding carboxylic acids is 1. The summed E-state index contributed by atoms with van der Waals surface area (Å²) in [7, 11) is 0. The fourth-order valence-corrected chi connectivity index (χ4v) is 8.78.